The molecule has 6 nitrogen and oxygen atoms in total. The van der Waals surface area contributed by atoms with E-state index in [0.29, 0.717) is 35.4 Å². The molecule has 0 amide bonds. The summed E-state index contributed by atoms with van der Waals surface area (Å²) in [4.78, 5) is 44.1. The van der Waals surface area contributed by atoms with Crippen LogP contribution in [0.5, 0.6) is 0 Å². The number of nitrogens with zero attached hydrogens (tertiary/aromatic N) is 2. The summed E-state index contributed by atoms with van der Waals surface area (Å²) in [5.41, 5.74) is 4.95. The lowest BCUT2D eigenvalue weighted by molar-refractivity contribution is -0.140. The van der Waals surface area contributed by atoms with Crippen molar-refractivity contribution >= 4 is 58.6 Å². The smallest absolute Gasteiger partial charge is 0.331 e. The van der Waals surface area contributed by atoms with E-state index in [1.165, 1.54) is 12.5 Å². The Balaban J connectivity index is 1.65. The SMILES string of the molecule is C=c1c(=CC=C(C)C(=O)c2ccccc2C)n(CC)c2ccc(C(=O)C(CCSc3ccc(C)cc3)=NOC(C)=O)cc12. The number of oxime groups is 1. The monoisotopic (exact) mass is 592 g/mol. The Morgan fingerprint density at radius 1 is 0.977 bits per heavy atom. The molecule has 0 saturated carbocycles. The highest BCUT2D eigenvalue weighted by Gasteiger charge is 2.18. The molecule has 43 heavy (non-hydrogen) atoms. The van der Waals surface area contributed by atoms with E-state index in [1.54, 1.807) is 17.8 Å². The van der Waals surface area contributed by atoms with Gasteiger partial charge in [0.2, 0.25) is 5.78 Å². The molecule has 0 radical (unpaired) electrons. The van der Waals surface area contributed by atoms with Crippen molar-refractivity contribution in [3.63, 3.8) is 0 Å². The van der Waals surface area contributed by atoms with E-state index < -0.39 is 5.97 Å². The van der Waals surface area contributed by atoms with Gasteiger partial charge in [-0.2, -0.15) is 0 Å². The molecule has 0 fully saturated rings. The summed E-state index contributed by atoms with van der Waals surface area (Å²) in [6, 6.07) is 21.2. The number of aromatic nitrogens is 1. The average Bonchev–Trinajstić information content (AvgIpc) is 3.27. The van der Waals surface area contributed by atoms with Gasteiger partial charge in [-0.25, -0.2) is 4.79 Å². The van der Waals surface area contributed by atoms with Crippen LogP contribution in [0.3, 0.4) is 0 Å². The zero-order chi connectivity index (χ0) is 31.1. The van der Waals surface area contributed by atoms with E-state index in [9.17, 15) is 14.4 Å². The quantitative estimate of drug-likeness (QED) is 0.0491. The van der Waals surface area contributed by atoms with Crippen LogP contribution in [0.25, 0.3) is 23.6 Å². The second-order valence-electron chi connectivity index (χ2n) is 10.4. The highest BCUT2D eigenvalue weighted by atomic mass is 32.2. The van der Waals surface area contributed by atoms with Crippen LogP contribution >= 0.6 is 11.8 Å². The topological polar surface area (TPSA) is 77.7 Å². The maximum atomic E-state index is 13.6. The molecule has 4 rings (SSSR count). The van der Waals surface area contributed by atoms with Gasteiger partial charge in [0.1, 0.15) is 5.71 Å². The number of rotatable bonds is 11. The number of Topliss-reactive ketones (excluding diaryl/α,β-unsaturated/α-hetero) is 2. The van der Waals surface area contributed by atoms with Gasteiger partial charge in [-0.15, -0.1) is 11.8 Å². The van der Waals surface area contributed by atoms with Crippen molar-refractivity contribution in [3.05, 3.63) is 111 Å². The largest absolute Gasteiger partial charge is 0.341 e. The highest BCUT2D eigenvalue weighted by Crippen LogP contribution is 2.21. The number of allylic oxidation sites excluding steroid dienone is 2. The minimum Gasteiger partial charge on any atom is -0.341 e. The van der Waals surface area contributed by atoms with Crippen LogP contribution in [0.2, 0.25) is 0 Å². The van der Waals surface area contributed by atoms with Gasteiger partial charge < -0.3 is 9.40 Å². The molecular weight excluding hydrogens is 556 g/mol. The zero-order valence-electron chi connectivity index (χ0n) is 25.3. The first-order chi connectivity index (χ1) is 20.6. The molecule has 0 unspecified atom stereocenters. The summed E-state index contributed by atoms with van der Waals surface area (Å²) in [6.07, 6.45) is 4.06. The van der Waals surface area contributed by atoms with Gasteiger partial charge in [-0.05, 0) is 75.2 Å². The van der Waals surface area contributed by atoms with E-state index in [1.807, 2.05) is 101 Å². The van der Waals surface area contributed by atoms with Gasteiger partial charge in [0.05, 0.1) is 0 Å². The van der Waals surface area contributed by atoms with Gasteiger partial charge in [0.25, 0.3) is 0 Å². The third-order valence-electron chi connectivity index (χ3n) is 7.20. The van der Waals surface area contributed by atoms with Crippen LogP contribution in [-0.4, -0.2) is 33.6 Å². The molecule has 1 aromatic heterocycles. The maximum Gasteiger partial charge on any atom is 0.331 e. The number of benzene rings is 3. The summed E-state index contributed by atoms with van der Waals surface area (Å²) >= 11 is 1.61. The van der Waals surface area contributed by atoms with Gasteiger partial charge in [-0.3, -0.25) is 9.59 Å². The predicted octanol–water partition coefficient (Wildman–Crippen LogP) is 6.58. The molecule has 0 aliphatic rings. The van der Waals surface area contributed by atoms with Gasteiger partial charge in [-0.1, -0.05) is 59.8 Å². The number of thioether (sulfide) groups is 1. The standard InChI is InChI=1S/C36H36N2O4S/c1-7-38-33(18-14-25(4)35(40)30-11-9-8-10-24(30)3)26(5)31-22-28(15-19-34(31)38)36(41)32(37-42-27(6)39)20-21-43-29-16-12-23(2)13-17-29/h8-19,22H,5,7,20-21H2,1-4,6H3. The molecule has 3 aromatic carbocycles. The van der Waals surface area contributed by atoms with Gasteiger partial charge >= 0.3 is 5.97 Å². The van der Waals surface area contributed by atoms with Crippen molar-refractivity contribution in [2.24, 2.45) is 5.16 Å². The predicted molar refractivity (Wildman–Crippen MR) is 176 cm³/mol. The third-order valence-corrected chi connectivity index (χ3v) is 8.22. The number of fused-ring (bicyclic) bond motifs is 1. The number of hydrogen-bond donors (Lipinski definition) is 0. The van der Waals surface area contributed by atoms with Crippen LogP contribution < -0.4 is 10.6 Å². The second-order valence-corrected chi connectivity index (χ2v) is 11.5. The Morgan fingerprint density at radius 3 is 2.37 bits per heavy atom. The fourth-order valence-corrected chi connectivity index (χ4v) is 5.68. The first-order valence-corrected chi connectivity index (χ1v) is 15.2. The van der Waals surface area contributed by atoms with Crippen molar-refractivity contribution in [2.75, 3.05) is 5.75 Å². The molecule has 0 aliphatic carbocycles. The molecule has 7 heteroatoms. The molecule has 1 heterocycles. The van der Waals surface area contributed by atoms with Crippen LogP contribution in [0.4, 0.5) is 0 Å². The molecule has 0 N–H and O–H groups in total. The molecular formula is C36H36N2O4S. The molecule has 220 valence electrons. The van der Waals surface area contributed by atoms with Crippen molar-refractivity contribution in [2.45, 2.75) is 52.5 Å². The van der Waals surface area contributed by atoms with E-state index >= 15 is 0 Å². The summed E-state index contributed by atoms with van der Waals surface area (Å²) in [7, 11) is 0. The first-order valence-electron chi connectivity index (χ1n) is 14.2. The van der Waals surface area contributed by atoms with E-state index in [4.69, 9.17) is 4.84 Å². The van der Waals surface area contributed by atoms with E-state index in [2.05, 4.69) is 16.3 Å². The number of hydrogen-bond acceptors (Lipinski definition) is 6. The summed E-state index contributed by atoms with van der Waals surface area (Å²) in [5.74, 6) is -0.319. The molecule has 0 bridgehead atoms. The van der Waals surface area contributed by atoms with Crippen LogP contribution in [0, 0.1) is 13.8 Å². The molecule has 0 aliphatic heterocycles. The van der Waals surface area contributed by atoms with Crippen molar-refractivity contribution in [3.8, 4) is 0 Å². The normalized spacial score (nSPS) is 12.5. The van der Waals surface area contributed by atoms with Gasteiger partial charge in [0, 0.05) is 63.1 Å². The Kier molecular flexibility index (Phi) is 10.3. The molecule has 0 spiro atoms. The Hall–Kier alpha value is -4.49. The lowest BCUT2D eigenvalue weighted by Gasteiger charge is -2.07. The second kappa shape index (κ2) is 14.1. The fraction of sp³-hybridized carbons (Fsp3) is 0.222. The number of aryl methyl sites for hydroxylation is 3. The third kappa shape index (κ3) is 7.48. The molecule has 0 saturated heterocycles. The average molecular weight is 593 g/mol. The molecule has 0 atom stereocenters. The first kappa shape index (κ1) is 31.4. The zero-order valence-corrected chi connectivity index (χ0v) is 26.1. The minimum atomic E-state index is -0.587. The Morgan fingerprint density at radius 2 is 1.70 bits per heavy atom. The van der Waals surface area contributed by atoms with Crippen molar-refractivity contribution in [1.82, 2.24) is 4.57 Å². The Bertz CT molecular complexity index is 1860. The van der Waals surface area contributed by atoms with E-state index in [0.717, 1.165) is 31.9 Å². The van der Waals surface area contributed by atoms with Gasteiger partial charge in [0.15, 0.2) is 5.78 Å². The van der Waals surface area contributed by atoms with Crippen molar-refractivity contribution in [1.29, 1.82) is 0 Å². The minimum absolute atomic E-state index is 0.0212. The molecule has 4 aromatic rings. The highest BCUT2D eigenvalue weighted by molar-refractivity contribution is 7.99. The van der Waals surface area contributed by atoms with E-state index in [-0.39, 0.29) is 17.3 Å². The lowest BCUT2D eigenvalue weighted by atomic mass is 10.00. The Labute approximate surface area is 256 Å². The summed E-state index contributed by atoms with van der Waals surface area (Å²) < 4.78 is 2.11. The number of carbonyl (C=O) groups excluding carboxylic acids is 3. The number of carbonyl (C=O) groups is 3. The lowest BCUT2D eigenvalue weighted by Crippen LogP contribution is -2.27. The maximum absolute atomic E-state index is 13.6. The van der Waals surface area contributed by atoms with Crippen LogP contribution in [-0.2, 0) is 16.2 Å². The fourth-order valence-electron chi connectivity index (χ4n) is 4.82. The summed E-state index contributed by atoms with van der Waals surface area (Å²) in [6.45, 7) is 14.1. The number of ketones is 2. The van der Waals surface area contributed by atoms with Crippen LogP contribution in [0.15, 0.2) is 88.4 Å². The van der Waals surface area contributed by atoms with Crippen LogP contribution in [0.1, 0.15) is 59.0 Å². The summed E-state index contributed by atoms with van der Waals surface area (Å²) in [5, 5.41) is 6.37. The van der Waals surface area contributed by atoms with Crippen molar-refractivity contribution < 1.29 is 19.2 Å².